The maximum atomic E-state index is 14.6. The fourth-order valence-electron chi connectivity index (χ4n) is 3.70. The van der Waals surface area contributed by atoms with E-state index in [1.165, 1.54) is 18.5 Å². The van der Waals surface area contributed by atoms with Gasteiger partial charge in [-0.15, -0.1) is 0 Å². The number of piperidine rings is 1. The van der Waals surface area contributed by atoms with Crippen LogP contribution in [0.2, 0.25) is 10.0 Å². The lowest BCUT2D eigenvalue weighted by molar-refractivity contribution is 0.119. The predicted octanol–water partition coefficient (Wildman–Crippen LogP) is 6.20. The van der Waals surface area contributed by atoms with Gasteiger partial charge in [-0.1, -0.05) is 29.3 Å². The molecule has 1 aromatic heterocycles. The molecule has 1 fully saturated rings. The van der Waals surface area contributed by atoms with Crippen LogP contribution in [-0.4, -0.2) is 41.2 Å². The summed E-state index contributed by atoms with van der Waals surface area (Å²) in [6.07, 6.45) is 7.41. The van der Waals surface area contributed by atoms with E-state index in [4.69, 9.17) is 32.7 Å². The molecule has 2 aromatic carbocycles. The molecule has 0 unspecified atom stereocenters. The number of halogens is 3. The zero-order chi connectivity index (χ0) is 22.7. The van der Waals surface area contributed by atoms with Crippen molar-refractivity contribution in [2.75, 3.05) is 25.5 Å². The van der Waals surface area contributed by atoms with Gasteiger partial charge in [0.05, 0.1) is 28.4 Å². The maximum Gasteiger partial charge on any atom is 0.166 e. The van der Waals surface area contributed by atoms with Gasteiger partial charge >= 0.3 is 0 Å². The first-order valence-corrected chi connectivity index (χ1v) is 11.0. The molecular formula is C23H23Cl2FN4O2. The minimum atomic E-state index is -0.649. The normalized spacial score (nSPS) is 14.8. The van der Waals surface area contributed by atoms with E-state index in [0.29, 0.717) is 28.2 Å². The molecular weight excluding hydrogens is 454 g/mol. The third-order valence-corrected chi connectivity index (χ3v) is 6.12. The number of aromatic nitrogens is 2. The van der Waals surface area contributed by atoms with Gasteiger partial charge in [-0.05, 0) is 31.3 Å². The van der Waals surface area contributed by atoms with Gasteiger partial charge in [0.2, 0.25) is 0 Å². The molecule has 0 bridgehead atoms. The minimum Gasteiger partial charge on any atom is -0.493 e. The number of anilines is 2. The molecule has 1 N–H and O–H groups in total. The second kappa shape index (κ2) is 9.79. The van der Waals surface area contributed by atoms with Crippen LogP contribution in [0.3, 0.4) is 0 Å². The Balaban J connectivity index is 1.64. The van der Waals surface area contributed by atoms with Crippen molar-refractivity contribution in [3.05, 3.63) is 58.7 Å². The molecule has 0 amide bonds. The van der Waals surface area contributed by atoms with Crippen LogP contribution in [0.4, 0.5) is 15.9 Å². The summed E-state index contributed by atoms with van der Waals surface area (Å²) in [7, 11) is 1.59. The second-order valence-corrected chi connectivity index (χ2v) is 8.21. The van der Waals surface area contributed by atoms with E-state index in [2.05, 4.69) is 26.4 Å². The lowest BCUT2D eigenvalue weighted by Crippen LogP contribution is -2.35. The smallest absolute Gasteiger partial charge is 0.166 e. The Labute approximate surface area is 196 Å². The number of benzene rings is 2. The number of allylic oxidation sites excluding steroid dienone is 1. The summed E-state index contributed by atoms with van der Waals surface area (Å²) < 4.78 is 26.4. The Morgan fingerprint density at radius 3 is 2.66 bits per heavy atom. The Morgan fingerprint density at radius 1 is 1.16 bits per heavy atom. The number of rotatable bonds is 6. The Hall–Kier alpha value is -2.77. The molecule has 0 spiro atoms. The molecule has 1 aliphatic heterocycles. The standard InChI is InChI=1S/C23H23Cl2FN4O2/c1-3-8-30-9-6-14(7-10-30)32-20-11-15-18(12-19(20)31-2)27-13-28-23(15)29-17-5-4-16(24)21(25)22(17)26/h3-5,8,11-14H,6-7,9-10H2,1-2H3,(H,27,28,29). The van der Waals surface area contributed by atoms with Gasteiger partial charge in [-0.25, -0.2) is 14.4 Å². The number of fused-ring (bicyclic) bond motifs is 1. The van der Waals surface area contributed by atoms with Crippen LogP contribution in [0.1, 0.15) is 19.8 Å². The van der Waals surface area contributed by atoms with Crippen molar-refractivity contribution >= 4 is 45.6 Å². The fraction of sp³-hybridized carbons (Fsp3) is 0.304. The van der Waals surface area contributed by atoms with Crippen molar-refractivity contribution in [3.63, 3.8) is 0 Å². The summed E-state index contributed by atoms with van der Waals surface area (Å²) in [5, 5.41) is 3.65. The van der Waals surface area contributed by atoms with Crippen LogP contribution in [0.25, 0.3) is 10.9 Å². The van der Waals surface area contributed by atoms with Crippen molar-refractivity contribution < 1.29 is 13.9 Å². The van der Waals surface area contributed by atoms with Crippen LogP contribution in [0.5, 0.6) is 11.5 Å². The molecule has 0 aliphatic carbocycles. The molecule has 1 saturated heterocycles. The molecule has 3 aromatic rings. The van der Waals surface area contributed by atoms with Crippen molar-refractivity contribution in [1.82, 2.24) is 14.9 Å². The third kappa shape index (κ3) is 4.69. The van der Waals surface area contributed by atoms with Gasteiger partial charge in [-0.2, -0.15) is 0 Å². The zero-order valence-corrected chi connectivity index (χ0v) is 19.3. The number of likely N-dealkylation sites (tertiary alicyclic amines) is 1. The highest BCUT2D eigenvalue weighted by Gasteiger charge is 2.21. The van der Waals surface area contributed by atoms with E-state index < -0.39 is 5.82 Å². The summed E-state index contributed by atoms with van der Waals surface area (Å²) in [6.45, 7) is 3.87. The summed E-state index contributed by atoms with van der Waals surface area (Å²) in [4.78, 5) is 10.9. The van der Waals surface area contributed by atoms with Gasteiger partial charge in [-0.3, -0.25) is 0 Å². The van der Waals surface area contributed by atoms with E-state index in [0.717, 1.165) is 25.9 Å². The molecule has 2 heterocycles. The SMILES string of the molecule is CC=CN1CCC(Oc2cc3c(Nc4ccc(Cl)c(Cl)c4F)ncnc3cc2OC)CC1. The highest BCUT2D eigenvalue weighted by Crippen LogP contribution is 2.37. The van der Waals surface area contributed by atoms with Crippen molar-refractivity contribution in [2.45, 2.75) is 25.9 Å². The molecule has 1 aliphatic rings. The number of hydrogen-bond donors (Lipinski definition) is 1. The van der Waals surface area contributed by atoms with E-state index in [9.17, 15) is 4.39 Å². The average Bonchev–Trinajstić information content (AvgIpc) is 2.81. The first kappa shape index (κ1) is 22.4. The highest BCUT2D eigenvalue weighted by molar-refractivity contribution is 6.42. The number of ether oxygens (including phenoxy) is 2. The third-order valence-electron chi connectivity index (χ3n) is 5.34. The van der Waals surface area contributed by atoms with Gasteiger partial charge in [0.25, 0.3) is 0 Å². The molecule has 4 rings (SSSR count). The summed E-state index contributed by atoms with van der Waals surface area (Å²) in [6, 6.07) is 6.65. The van der Waals surface area contributed by atoms with Gasteiger partial charge < -0.3 is 19.7 Å². The van der Waals surface area contributed by atoms with Gasteiger partial charge in [0.15, 0.2) is 17.3 Å². The average molecular weight is 477 g/mol. The van der Waals surface area contributed by atoms with Crippen LogP contribution in [-0.2, 0) is 0 Å². The van der Waals surface area contributed by atoms with E-state index >= 15 is 0 Å². The second-order valence-electron chi connectivity index (χ2n) is 7.43. The lowest BCUT2D eigenvalue weighted by Gasteiger charge is -2.31. The Kier molecular flexibility index (Phi) is 6.86. The van der Waals surface area contributed by atoms with Crippen LogP contribution in [0, 0.1) is 5.82 Å². The highest BCUT2D eigenvalue weighted by atomic mass is 35.5. The topological polar surface area (TPSA) is 59.5 Å². The number of nitrogens with zero attached hydrogens (tertiary/aromatic N) is 3. The summed E-state index contributed by atoms with van der Waals surface area (Å²) >= 11 is 11.8. The van der Waals surface area contributed by atoms with Crippen LogP contribution < -0.4 is 14.8 Å². The maximum absolute atomic E-state index is 14.6. The van der Waals surface area contributed by atoms with Crippen molar-refractivity contribution in [3.8, 4) is 11.5 Å². The molecule has 0 saturated carbocycles. The first-order chi connectivity index (χ1) is 15.5. The van der Waals surface area contributed by atoms with Crippen molar-refractivity contribution in [1.29, 1.82) is 0 Å². The zero-order valence-electron chi connectivity index (χ0n) is 17.7. The minimum absolute atomic E-state index is 0.0661. The molecule has 6 nitrogen and oxygen atoms in total. The number of hydrogen-bond acceptors (Lipinski definition) is 6. The fourth-order valence-corrected chi connectivity index (χ4v) is 4.01. The largest absolute Gasteiger partial charge is 0.493 e. The van der Waals surface area contributed by atoms with Gasteiger partial charge in [0, 0.05) is 37.4 Å². The Morgan fingerprint density at radius 2 is 1.94 bits per heavy atom. The van der Waals surface area contributed by atoms with Crippen LogP contribution in [0.15, 0.2) is 42.9 Å². The lowest BCUT2D eigenvalue weighted by atomic mass is 10.1. The Bertz CT molecular complexity index is 1150. The predicted molar refractivity (Wildman–Crippen MR) is 126 cm³/mol. The van der Waals surface area contributed by atoms with E-state index in [1.54, 1.807) is 13.2 Å². The van der Waals surface area contributed by atoms with Crippen molar-refractivity contribution in [2.24, 2.45) is 0 Å². The van der Waals surface area contributed by atoms with Gasteiger partial charge in [0.1, 0.15) is 18.2 Å². The molecule has 0 atom stereocenters. The number of methoxy groups -OCH3 is 1. The molecule has 9 heteroatoms. The monoisotopic (exact) mass is 476 g/mol. The molecule has 32 heavy (non-hydrogen) atoms. The van der Waals surface area contributed by atoms with E-state index in [1.807, 2.05) is 19.1 Å². The summed E-state index contributed by atoms with van der Waals surface area (Å²) in [5.74, 6) is 0.946. The quantitative estimate of drug-likeness (QED) is 0.427. The van der Waals surface area contributed by atoms with Crippen LogP contribution >= 0.6 is 23.2 Å². The summed E-state index contributed by atoms with van der Waals surface area (Å²) in [5.41, 5.74) is 0.795. The molecule has 168 valence electrons. The first-order valence-electron chi connectivity index (χ1n) is 10.3. The molecule has 0 radical (unpaired) electrons. The number of nitrogens with one attached hydrogen (secondary N) is 1. The van der Waals surface area contributed by atoms with E-state index in [-0.39, 0.29) is 21.8 Å².